The molecule has 5 rings (SSSR count). The van der Waals surface area contributed by atoms with Gasteiger partial charge in [-0.2, -0.15) is 0 Å². The van der Waals surface area contributed by atoms with Gasteiger partial charge in [0.1, 0.15) is 6.10 Å². The van der Waals surface area contributed by atoms with Crippen LogP contribution in [-0.2, 0) is 28.5 Å². The van der Waals surface area contributed by atoms with Crippen LogP contribution in [0.15, 0.2) is 11.8 Å². The molecular weight excluding hydrogens is 384 g/mol. The van der Waals surface area contributed by atoms with Crippen LogP contribution in [0.5, 0.6) is 0 Å². The summed E-state index contributed by atoms with van der Waals surface area (Å²) in [7, 11) is 0. The van der Waals surface area contributed by atoms with Crippen LogP contribution in [0.4, 0.5) is 0 Å². The van der Waals surface area contributed by atoms with E-state index in [-0.39, 0.29) is 29.3 Å². The SMILES string of the molecule is CC1=CC(=O)[C@@]23OC(C)(C)O[C@H]4CCC(C)(C)[C@H]([C@@H]5OC(C)(C)O[C@@H]5[C@@]2(C)O1)[C@]43C. The number of hydrogen-bond acceptors (Lipinski definition) is 6. The number of ketones is 1. The molecular formula is C24H36O6. The zero-order valence-electron chi connectivity index (χ0n) is 19.8. The molecule has 2 saturated carbocycles. The van der Waals surface area contributed by atoms with Gasteiger partial charge in [0.25, 0.3) is 0 Å². The summed E-state index contributed by atoms with van der Waals surface area (Å²) >= 11 is 0. The molecule has 0 amide bonds. The van der Waals surface area contributed by atoms with Crippen molar-refractivity contribution in [2.75, 3.05) is 0 Å². The van der Waals surface area contributed by atoms with Gasteiger partial charge in [0.05, 0.1) is 18.0 Å². The number of fused-ring (bicyclic) bond motifs is 3. The highest BCUT2D eigenvalue weighted by atomic mass is 16.8. The molecule has 6 nitrogen and oxygen atoms in total. The lowest BCUT2D eigenvalue weighted by atomic mass is 9.40. The highest BCUT2D eigenvalue weighted by Gasteiger charge is 2.85. The average Bonchev–Trinajstić information content (AvgIpc) is 2.88. The number of rotatable bonds is 0. The van der Waals surface area contributed by atoms with Crippen molar-refractivity contribution >= 4 is 5.78 Å². The van der Waals surface area contributed by atoms with E-state index in [0.29, 0.717) is 5.76 Å². The van der Waals surface area contributed by atoms with Gasteiger partial charge in [0.15, 0.2) is 28.6 Å². The number of ether oxygens (including phenoxy) is 5. The topological polar surface area (TPSA) is 63.2 Å². The molecule has 0 aromatic carbocycles. The summed E-state index contributed by atoms with van der Waals surface area (Å²) in [6, 6.07) is 0. The summed E-state index contributed by atoms with van der Waals surface area (Å²) in [5.41, 5.74) is -3.01. The van der Waals surface area contributed by atoms with Gasteiger partial charge in [-0.1, -0.05) is 20.8 Å². The van der Waals surface area contributed by atoms with Gasteiger partial charge >= 0.3 is 0 Å². The summed E-state index contributed by atoms with van der Waals surface area (Å²) in [5.74, 6) is -1.16. The van der Waals surface area contributed by atoms with Crippen LogP contribution >= 0.6 is 0 Å². The minimum Gasteiger partial charge on any atom is -0.486 e. The Morgan fingerprint density at radius 3 is 2.27 bits per heavy atom. The van der Waals surface area contributed by atoms with Crippen molar-refractivity contribution in [1.29, 1.82) is 0 Å². The number of carbonyl (C=O) groups excluding carboxylic acids is 1. The molecule has 5 aliphatic rings. The van der Waals surface area contributed by atoms with Gasteiger partial charge in [-0.05, 0) is 59.8 Å². The van der Waals surface area contributed by atoms with E-state index in [0.717, 1.165) is 12.8 Å². The third-order valence-electron chi connectivity index (χ3n) is 8.55. The van der Waals surface area contributed by atoms with Crippen molar-refractivity contribution in [2.24, 2.45) is 16.7 Å². The van der Waals surface area contributed by atoms with Crippen molar-refractivity contribution in [1.82, 2.24) is 0 Å². The van der Waals surface area contributed by atoms with Gasteiger partial charge in [0.2, 0.25) is 0 Å². The Morgan fingerprint density at radius 1 is 0.933 bits per heavy atom. The van der Waals surface area contributed by atoms with Gasteiger partial charge in [-0.15, -0.1) is 0 Å². The molecule has 2 aliphatic carbocycles. The maximum absolute atomic E-state index is 14.1. The van der Waals surface area contributed by atoms with E-state index < -0.39 is 34.3 Å². The fourth-order valence-corrected chi connectivity index (χ4v) is 7.86. The highest BCUT2D eigenvalue weighted by Crippen LogP contribution is 2.72. The Hall–Kier alpha value is -0.950. The van der Waals surface area contributed by atoms with Crippen LogP contribution in [0.1, 0.15) is 75.2 Å². The summed E-state index contributed by atoms with van der Waals surface area (Å²) in [4.78, 5) is 14.1. The molecule has 4 fully saturated rings. The molecule has 0 N–H and O–H groups in total. The van der Waals surface area contributed by atoms with Crippen molar-refractivity contribution in [3.63, 3.8) is 0 Å². The van der Waals surface area contributed by atoms with Crippen LogP contribution in [0.3, 0.4) is 0 Å². The predicted octanol–water partition coefficient (Wildman–Crippen LogP) is 4.11. The van der Waals surface area contributed by atoms with Gasteiger partial charge in [-0.25, -0.2) is 0 Å². The van der Waals surface area contributed by atoms with Crippen LogP contribution in [-0.4, -0.2) is 46.9 Å². The number of hydrogen-bond donors (Lipinski definition) is 0. The fourth-order valence-electron chi connectivity index (χ4n) is 7.86. The van der Waals surface area contributed by atoms with Gasteiger partial charge in [-0.3, -0.25) is 4.79 Å². The van der Waals surface area contributed by atoms with Crippen molar-refractivity contribution in [3.8, 4) is 0 Å². The maximum atomic E-state index is 14.1. The third kappa shape index (κ3) is 2.21. The Morgan fingerprint density at radius 2 is 1.60 bits per heavy atom. The molecule has 2 saturated heterocycles. The van der Waals surface area contributed by atoms with E-state index in [2.05, 4.69) is 20.8 Å². The highest BCUT2D eigenvalue weighted by molar-refractivity contribution is 6.01. The van der Waals surface area contributed by atoms with E-state index in [9.17, 15) is 4.79 Å². The van der Waals surface area contributed by atoms with Crippen LogP contribution in [0.25, 0.3) is 0 Å². The zero-order valence-corrected chi connectivity index (χ0v) is 19.8. The summed E-state index contributed by atoms with van der Waals surface area (Å²) < 4.78 is 32.9. The first-order chi connectivity index (χ1) is 13.6. The first-order valence-corrected chi connectivity index (χ1v) is 11.3. The number of carbonyl (C=O) groups is 1. The van der Waals surface area contributed by atoms with E-state index in [1.807, 2.05) is 41.5 Å². The Bertz CT molecular complexity index is 843. The predicted molar refractivity (Wildman–Crippen MR) is 109 cm³/mol. The van der Waals surface area contributed by atoms with Crippen molar-refractivity contribution < 1.29 is 28.5 Å². The first-order valence-electron chi connectivity index (χ1n) is 11.3. The second-order valence-corrected chi connectivity index (χ2v) is 11.9. The largest absolute Gasteiger partial charge is 0.486 e. The maximum Gasteiger partial charge on any atom is 0.195 e. The van der Waals surface area contributed by atoms with E-state index in [1.54, 1.807) is 6.08 Å². The van der Waals surface area contributed by atoms with Crippen LogP contribution in [0.2, 0.25) is 0 Å². The van der Waals surface area contributed by atoms with Crippen LogP contribution < -0.4 is 0 Å². The normalized spacial score (nSPS) is 52.4. The molecule has 3 heterocycles. The molecule has 0 radical (unpaired) electrons. The van der Waals surface area contributed by atoms with E-state index in [1.165, 1.54) is 0 Å². The average molecular weight is 421 g/mol. The third-order valence-corrected chi connectivity index (χ3v) is 8.55. The Labute approximate surface area is 179 Å². The summed E-state index contributed by atoms with van der Waals surface area (Å²) in [6.45, 7) is 18.2. The van der Waals surface area contributed by atoms with E-state index in [4.69, 9.17) is 23.7 Å². The molecule has 7 atom stereocenters. The van der Waals surface area contributed by atoms with E-state index >= 15 is 0 Å². The second kappa shape index (κ2) is 5.51. The first kappa shape index (κ1) is 20.9. The molecule has 6 heteroatoms. The Balaban J connectivity index is 1.85. The van der Waals surface area contributed by atoms with Crippen molar-refractivity contribution in [2.45, 2.75) is 116 Å². The Kier molecular flexibility index (Phi) is 3.84. The monoisotopic (exact) mass is 420 g/mol. The zero-order chi connectivity index (χ0) is 22.1. The summed E-state index contributed by atoms with van der Waals surface area (Å²) in [5, 5.41) is 0. The quantitative estimate of drug-likeness (QED) is 0.588. The minimum atomic E-state index is -1.24. The lowest BCUT2D eigenvalue weighted by Gasteiger charge is -2.73. The smallest absolute Gasteiger partial charge is 0.195 e. The summed E-state index contributed by atoms with van der Waals surface area (Å²) in [6.07, 6.45) is 2.63. The molecule has 0 aromatic heterocycles. The fraction of sp³-hybridized carbons (Fsp3) is 0.875. The molecule has 168 valence electrons. The molecule has 1 spiro atoms. The standard InChI is InChI=1S/C24H36O6/c1-13-12-14(25)24-22(8)15(27-21(6,7)30-24)10-11-19(2,3)17(22)16-18(23(24,9)26-13)29-20(4,5)28-16/h12,15-18H,10-11H2,1-9H3/t15-,16-,17-,18-,22-,23+,24-/m0/s1. The molecule has 3 aliphatic heterocycles. The molecule has 0 aromatic rings. The molecule has 0 bridgehead atoms. The lowest BCUT2D eigenvalue weighted by molar-refractivity contribution is -0.444. The van der Waals surface area contributed by atoms with Crippen molar-refractivity contribution in [3.05, 3.63) is 11.8 Å². The minimum absolute atomic E-state index is 0.000874. The molecule has 0 unspecified atom stereocenters. The van der Waals surface area contributed by atoms with Crippen LogP contribution in [0, 0.1) is 16.7 Å². The lowest BCUT2D eigenvalue weighted by Crippen LogP contribution is -2.87. The number of allylic oxidation sites excluding steroid dienone is 1. The second-order valence-electron chi connectivity index (χ2n) is 11.9. The van der Waals surface area contributed by atoms with Gasteiger partial charge < -0.3 is 23.7 Å². The van der Waals surface area contributed by atoms with Gasteiger partial charge in [0, 0.05) is 17.4 Å². The molecule has 30 heavy (non-hydrogen) atoms.